The minimum atomic E-state index is -0.408. The second-order valence-corrected chi connectivity index (χ2v) is 4.61. The van der Waals surface area contributed by atoms with E-state index in [0.29, 0.717) is 12.6 Å². The lowest BCUT2D eigenvalue weighted by Gasteiger charge is -2.37. The van der Waals surface area contributed by atoms with Crippen LogP contribution in [0.5, 0.6) is 0 Å². The molecule has 1 fully saturated rings. The van der Waals surface area contributed by atoms with E-state index in [2.05, 4.69) is 22.5 Å². The Morgan fingerprint density at radius 1 is 1.41 bits per heavy atom. The zero-order valence-corrected chi connectivity index (χ0v) is 11.0. The quantitative estimate of drug-likeness (QED) is 0.777. The number of imide groups is 1. The van der Waals surface area contributed by atoms with Crippen LogP contribution in [0.3, 0.4) is 0 Å². The van der Waals surface area contributed by atoms with E-state index in [1.54, 1.807) is 0 Å². The molecule has 1 rings (SSSR count). The van der Waals surface area contributed by atoms with Gasteiger partial charge in [-0.25, -0.2) is 4.79 Å². The molecule has 0 aromatic heterocycles. The van der Waals surface area contributed by atoms with Gasteiger partial charge in [0.15, 0.2) is 0 Å². The highest BCUT2D eigenvalue weighted by Crippen LogP contribution is 2.18. The molecule has 0 aromatic rings. The van der Waals surface area contributed by atoms with E-state index >= 15 is 0 Å². The summed E-state index contributed by atoms with van der Waals surface area (Å²) < 4.78 is 0. The summed E-state index contributed by atoms with van der Waals surface area (Å²) in [6.07, 6.45) is 3.48. The van der Waals surface area contributed by atoms with E-state index in [-0.39, 0.29) is 11.9 Å². The molecule has 2 unspecified atom stereocenters. The molecule has 5 heteroatoms. The van der Waals surface area contributed by atoms with E-state index in [9.17, 15) is 9.59 Å². The number of nitrogens with zero attached hydrogens (tertiary/aromatic N) is 1. The third kappa shape index (κ3) is 4.00. The molecule has 0 bridgehead atoms. The summed E-state index contributed by atoms with van der Waals surface area (Å²) in [4.78, 5) is 25.3. The smallest absolute Gasteiger partial charge is 0.321 e. The molecule has 17 heavy (non-hydrogen) atoms. The van der Waals surface area contributed by atoms with Crippen LogP contribution in [0, 0.1) is 0 Å². The van der Waals surface area contributed by atoms with Crippen molar-refractivity contribution in [1.29, 1.82) is 0 Å². The molecule has 0 aromatic carbocycles. The fourth-order valence-electron chi connectivity index (χ4n) is 2.27. The van der Waals surface area contributed by atoms with E-state index in [0.717, 1.165) is 19.4 Å². The Labute approximate surface area is 103 Å². The monoisotopic (exact) mass is 241 g/mol. The molecule has 0 aliphatic carbocycles. The highest BCUT2D eigenvalue weighted by Gasteiger charge is 2.28. The predicted molar refractivity (Wildman–Crippen MR) is 66.7 cm³/mol. The lowest BCUT2D eigenvalue weighted by atomic mass is 10.0. The number of hydrogen-bond donors (Lipinski definition) is 2. The van der Waals surface area contributed by atoms with E-state index in [1.165, 1.54) is 6.42 Å². The van der Waals surface area contributed by atoms with Crippen LogP contribution in [0.2, 0.25) is 0 Å². The van der Waals surface area contributed by atoms with Gasteiger partial charge in [0, 0.05) is 12.6 Å². The van der Waals surface area contributed by atoms with Crippen LogP contribution in [0.4, 0.5) is 4.79 Å². The van der Waals surface area contributed by atoms with Gasteiger partial charge in [0.05, 0.1) is 6.04 Å². The third-order valence-electron chi connectivity index (χ3n) is 3.31. The van der Waals surface area contributed by atoms with Gasteiger partial charge < -0.3 is 5.32 Å². The fourth-order valence-corrected chi connectivity index (χ4v) is 2.27. The molecule has 1 saturated heterocycles. The summed E-state index contributed by atoms with van der Waals surface area (Å²) in [5, 5.41) is 4.92. The van der Waals surface area contributed by atoms with Gasteiger partial charge in [-0.2, -0.15) is 0 Å². The number of nitrogens with one attached hydrogen (secondary N) is 2. The van der Waals surface area contributed by atoms with Gasteiger partial charge in [-0.3, -0.25) is 15.0 Å². The molecule has 2 N–H and O–H groups in total. The number of rotatable bonds is 3. The predicted octanol–water partition coefficient (Wildman–Crippen LogP) is 1.09. The minimum Gasteiger partial charge on any atom is -0.338 e. The number of piperidine rings is 1. The van der Waals surface area contributed by atoms with Crippen molar-refractivity contribution in [2.75, 3.05) is 13.1 Å². The summed E-state index contributed by atoms with van der Waals surface area (Å²) in [6.45, 7) is 7.27. The van der Waals surface area contributed by atoms with Crippen molar-refractivity contribution in [2.24, 2.45) is 0 Å². The van der Waals surface area contributed by atoms with Crippen molar-refractivity contribution in [3.63, 3.8) is 0 Å². The lowest BCUT2D eigenvalue weighted by molar-refractivity contribution is -0.126. The number of likely N-dealkylation sites (tertiary alicyclic amines) is 1. The van der Waals surface area contributed by atoms with Crippen LogP contribution in [-0.4, -0.2) is 42.0 Å². The van der Waals surface area contributed by atoms with Gasteiger partial charge in [0.25, 0.3) is 0 Å². The molecule has 0 radical (unpaired) electrons. The molecule has 1 aliphatic heterocycles. The Hall–Kier alpha value is -1.10. The average Bonchev–Trinajstić information content (AvgIpc) is 2.29. The maximum absolute atomic E-state index is 11.9. The molecule has 1 heterocycles. The minimum absolute atomic E-state index is 0.218. The van der Waals surface area contributed by atoms with Crippen LogP contribution in [0.25, 0.3) is 0 Å². The van der Waals surface area contributed by atoms with Gasteiger partial charge in [-0.1, -0.05) is 6.42 Å². The Morgan fingerprint density at radius 2 is 2.12 bits per heavy atom. The molecule has 2 atom stereocenters. The van der Waals surface area contributed by atoms with Crippen LogP contribution >= 0.6 is 0 Å². The van der Waals surface area contributed by atoms with Crippen molar-refractivity contribution < 1.29 is 9.59 Å². The van der Waals surface area contributed by atoms with Crippen molar-refractivity contribution in [1.82, 2.24) is 15.5 Å². The first-order valence-corrected chi connectivity index (χ1v) is 6.40. The van der Waals surface area contributed by atoms with Gasteiger partial charge in [-0.15, -0.1) is 0 Å². The fraction of sp³-hybridized carbons (Fsp3) is 0.833. The molecular formula is C12H23N3O2. The van der Waals surface area contributed by atoms with Crippen LogP contribution in [0.1, 0.15) is 40.0 Å². The summed E-state index contributed by atoms with van der Waals surface area (Å²) in [6, 6.07) is -0.236. The Bertz CT molecular complexity index is 281. The largest absolute Gasteiger partial charge is 0.338 e. The standard InChI is InChI=1S/C12H23N3O2/c1-4-13-12(17)14-11(16)10(3)15-8-6-5-7-9(15)2/h9-10H,4-8H2,1-3H3,(H2,13,14,16,17). The molecule has 5 nitrogen and oxygen atoms in total. The number of urea groups is 1. The number of amides is 3. The first-order valence-electron chi connectivity index (χ1n) is 6.40. The van der Waals surface area contributed by atoms with Crippen LogP contribution in [-0.2, 0) is 4.79 Å². The van der Waals surface area contributed by atoms with E-state index in [1.807, 2.05) is 13.8 Å². The highest BCUT2D eigenvalue weighted by atomic mass is 16.2. The van der Waals surface area contributed by atoms with Crippen molar-refractivity contribution in [2.45, 2.75) is 52.1 Å². The Balaban J connectivity index is 2.47. The molecule has 1 aliphatic rings. The van der Waals surface area contributed by atoms with Gasteiger partial charge >= 0.3 is 6.03 Å². The normalized spacial score (nSPS) is 22.9. The molecular weight excluding hydrogens is 218 g/mol. The molecule has 98 valence electrons. The maximum Gasteiger partial charge on any atom is 0.321 e. The summed E-state index contributed by atoms with van der Waals surface area (Å²) in [5.74, 6) is -0.218. The molecule has 3 amide bonds. The van der Waals surface area contributed by atoms with Gasteiger partial charge in [0.2, 0.25) is 5.91 Å². The average molecular weight is 241 g/mol. The zero-order chi connectivity index (χ0) is 12.8. The van der Waals surface area contributed by atoms with Crippen molar-refractivity contribution in [3.8, 4) is 0 Å². The first kappa shape index (κ1) is 14.0. The second kappa shape index (κ2) is 6.59. The van der Waals surface area contributed by atoms with Gasteiger partial charge in [-0.05, 0) is 40.2 Å². The maximum atomic E-state index is 11.9. The van der Waals surface area contributed by atoms with Gasteiger partial charge in [0.1, 0.15) is 0 Å². The van der Waals surface area contributed by atoms with E-state index < -0.39 is 6.03 Å². The van der Waals surface area contributed by atoms with Crippen LogP contribution < -0.4 is 10.6 Å². The highest BCUT2D eigenvalue weighted by molar-refractivity contribution is 5.96. The number of carbonyl (C=O) groups is 2. The summed E-state index contributed by atoms with van der Waals surface area (Å²) >= 11 is 0. The summed E-state index contributed by atoms with van der Waals surface area (Å²) in [5.41, 5.74) is 0. The SMILES string of the molecule is CCNC(=O)NC(=O)C(C)N1CCCCC1C. The first-order chi connectivity index (χ1) is 8.06. The Morgan fingerprint density at radius 3 is 2.71 bits per heavy atom. The summed E-state index contributed by atoms with van der Waals surface area (Å²) in [7, 11) is 0. The van der Waals surface area contributed by atoms with Crippen LogP contribution in [0.15, 0.2) is 0 Å². The third-order valence-corrected chi connectivity index (χ3v) is 3.31. The molecule has 0 saturated carbocycles. The Kier molecular flexibility index (Phi) is 5.41. The topological polar surface area (TPSA) is 61.4 Å². The van der Waals surface area contributed by atoms with E-state index in [4.69, 9.17) is 0 Å². The van der Waals surface area contributed by atoms with Crippen molar-refractivity contribution >= 4 is 11.9 Å². The lowest BCUT2D eigenvalue weighted by Crippen LogP contribution is -2.53. The second-order valence-electron chi connectivity index (χ2n) is 4.61. The zero-order valence-electron chi connectivity index (χ0n) is 11.0. The molecule has 0 spiro atoms. The number of carbonyl (C=O) groups excluding carboxylic acids is 2. The van der Waals surface area contributed by atoms with Crippen molar-refractivity contribution in [3.05, 3.63) is 0 Å². The number of hydrogen-bond acceptors (Lipinski definition) is 3.